The number of hydrogen-bond donors (Lipinski definition) is 1. The molecule has 2 nitrogen and oxygen atoms in total. The maximum Gasteiger partial charge on any atom is 0.0626 e. The molecular weight excluding hydrogens is 347 g/mol. The molecule has 0 saturated carbocycles. The number of nitrogen functional groups attached to an aromatic ring is 1. The summed E-state index contributed by atoms with van der Waals surface area (Å²) < 4.78 is 5.40. The van der Waals surface area contributed by atoms with Crippen LogP contribution in [-0.4, -0.2) is 0 Å². The van der Waals surface area contributed by atoms with Crippen LogP contribution in [0.25, 0.3) is 0 Å². The Kier molecular flexibility index (Phi) is 4.91. The van der Waals surface area contributed by atoms with Gasteiger partial charge in [0.15, 0.2) is 0 Å². The van der Waals surface area contributed by atoms with Crippen LogP contribution in [0.15, 0.2) is 120 Å². The predicted octanol–water partition coefficient (Wildman–Crippen LogP) is 5.08. The van der Waals surface area contributed by atoms with Gasteiger partial charge in [0.05, 0.1) is 12.7 Å². The van der Waals surface area contributed by atoms with Gasteiger partial charge in [0, 0.05) is 21.6 Å². The fraction of sp³-hybridized carbons (Fsp3) is 0. The van der Waals surface area contributed by atoms with Gasteiger partial charge in [-0.1, -0.05) is 91.0 Å². The van der Waals surface area contributed by atoms with Gasteiger partial charge in [0.2, 0.25) is 0 Å². The molecular formula is C24H21N2P. The second-order valence-corrected chi connectivity index (χ2v) is 9.35. The van der Waals surface area contributed by atoms with Crippen LogP contribution in [0.2, 0.25) is 0 Å². The van der Waals surface area contributed by atoms with E-state index in [1.807, 2.05) is 24.3 Å². The van der Waals surface area contributed by atoms with E-state index in [2.05, 4.69) is 91.0 Å². The standard InChI is InChI=1S/C24H21N2P/c25-20-16-18-21(19-17-20)26-27(22-10-4-1-5-11-22,23-12-6-2-7-13-23)24-14-8-3-9-15-24/h1-19H,25H2. The van der Waals surface area contributed by atoms with Gasteiger partial charge in [-0.3, -0.25) is 4.74 Å². The van der Waals surface area contributed by atoms with Crippen molar-refractivity contribution in [1.29, 1.82) is 0 Å². The van der Waals surface area contributed by atoms with Crippen molar-refractivity contribution in [3.05, 3.63) is 115 Å². The second-order valence-electron chi connectivity index (χ2n) is 6.33. The summed E-state index contributed by atoms with van der Waals surface area (Å²) in [6, 6.07) is 39.7. The summed E-state index contributed by atoms with van der Waals surface area (Å²) >= 11 is 0. The Labute approximate surface area is 160 Å². The first-order chi connectivity index (χ1) is 13.3. The van der Waals surface area contributed by atoms with E-state index in [4.69, 9.17) is 10.5 Å². The Morgan fingerprint density at radius 1 is 0.481 bits per heavy atom. The Morgan fingerprint density at radius 2 is 0.852 bits per heavy atom. The molecule has 0 radical (unpaired) electrons. The molecule has 0 aromatic heterocycles. The van der Waals surface area contributed by atoms with E-state index in [9.17, 15) is 0 Å². The zero-order chi connectivity index (χ0) is 18.5. The van der Waals surface area contributed by atoms with E-state index in [1.54, 1.807) is 0 Å². The van der Waals surface area contributed by atoms with Crippen LogP contribution < -0.4 is 21.6 Å². The molecule has 0 saturated heterocycles. The second kappa shape index (κ2) is 7.65. The van der Waals surface area contributed by atoms with Gasteiger partial charge in [-0.15, -0.1) is 0 Å². The van der Waals surface area contributed by atoms with Gasteiger partial charge in [0.1, 0.15) is 0 Å². The van der Waals surface area contributed by atoms with E-state index >= 15 is 0 Å². The van der Waals surface area contributed by atoms with Crippen molar-refractivity contribution in [3.8, 4) is 0 Å². The molecule has 27 heavy (non-hydrogen) atoms. The van der Waals surface area contributed by atoms with Gasteiger partial charge in [-0.05, 0) is 24.3 Å². The highest BCUT2D eigenvalue weighted by Gasteiger charge is 2.27. The van der Waals surface area contributed by atoms with Gasteiger partial charge < -0.3 is 5.73 Å². The van der Waals surface area contributed by atoms with Gasteiger partial charge in [-0.25, -0.2) is 0 Å². The number of hydrogen-bond acceptors (Lipinski definition) is 2. The molecule has 0 aliphatic heterocycles. The van der Waals surface area contributed by atoms with Crippen LogP contribution in [0.1, 0.15) is 0 Å². The maximum absolute atomic E-state index is 5.89. The fourth-order valence-electron chi connectivity index (χ4n) is 3.27. The minimum Gasteiger partial charge on any atom is -0.399 e. The van der Waals surface area contributed by atoms with Crippen molar-refractivity contribution < 1.29 is 0 Å². The Hall–Kier alpha value is -3.09. The van der Waals surface area contributed by atoms with Gasteiger partial charge >= 0.3 is 0 Å². The third-order valence-electron chi connectivity index (χ3n) is 4.55. The number of rotatable bonds is 4. The third-order valence-corrected chi connectivity index (χ3v) is 8.22. The zero-order valence-electron chi connectivity index (χ0n) is 14.9. The number of anilines is 1. The summed E-state index contributed by atoms with van der Waals surface area (Å²) in [5.74, 6) is 0. The molecule has 0 aliphatic rings. The van der Waals surface area contributed by atoms with E-state index in [1.165, 1.54) is 15.9 Å². The summed E-state index contributed by atoms with van der Waals surface area (Å²) in [6.45, 7) is 0. The van der Waals surface area contributed by atoms with Crippen molar-refractivity contribution in [1.82, 2.24) is 0 Å². The Morgan fingerprint density at radius 3 is 1.22 bits per heavy atom. The monoisotopic (exact) mass is 368 g/mol. The molecule has 0 fully saturated rings. The first-order valence-corrected chi connectivity index (χ1v) is 10.7. The molecule has 0 atom stereocenters. The van der Waals surface area contributed by atoms with Gasteiger partial charge in [0.25, 0.3) is 0 Å². The lowest BCUT2D eigenvalue weighted by Crippen LogP contribution is -2.25. The number of nitrogens with two attached hydrogens (primary N) is 1. The third kappa shape index (κ3) is 3.45. The molecule has 3 heteroatoms. The molecule has 0 spiro atoms. The predicted molar refractivity (Wildman–Crippen MR) is 118 cm³/mol. The average molecular weight is 368 g/mol. The molecule has 2 N–H and O–H groups in total. The Balaban J connectivity index is 2.11. The smallest absolute Gasteiger partial charge is 0.0626 e. The van der Waals surface area contributed by atoms with Crippen molar-refractivity contribution in [3.63, 3.8) is 0 Å². The molecule has 0 aliphatic carbocycles. The molecule has 0 heterocycles. The molecule has 4 rings (SSSR count). The fourth-order valence-corrected chi connectivity index (χ4v) is 6.80. The van der Waals surface area contributed by atoms with E-state index in [0.717, 1.165) is 11.4 Å². The normalized spacial score (nSPS) is 11.1. The van der Waals surface area contributed by atoms with Crippen LogP contribution >= 0.6 is 7.05 Å². The highest BCUT2D eigenvalue weighted by molar-refractivity contribution is 7.87. The Bertz CT molecular complexity index is 954. The molecule has 132 valence electrons. The first-order valence-electron chi connectivity index (χ1n) is 8.94. The zero-order valence-corrected chi connectivity index (χ0v) is 15.8. The highest BCUT2D eigenvalue weighted by Crippen LogP contribution is 2.49. The number of benzene rings is 4. The summed E-state index contributed by atoms with van der Waals surface area (Å²) in [4.78, 5) is 0. The quantitative estimate of drug-likeness (QED) is 0.396. The molecule has 4 aromatic carbocycles. The van der Waals surface area contributed by atoms with E-state index in [0.29, 0.717) is 0 Å². The van der Waals surface area contributed by atoms with Crippen LogP contribution in [0.4, 0.5) is 11.4 Å². The van der Waals surface area contributed by atoms with Crippen molar-refractivity contribution in [2.24, 2.45) is 4.74 Å². The van der Waals surface area contributed by atoms with Crippen LogP contribution in [0.5, 0.6) is 0 Å². The average Bonchev–Trinajstić information content (AvgIpc) is 2.75. The van der Waals surface area contributed by atoms with Gasteiger partial charge in [-0.2, -0.15) is 0 Å². The number of nitrogens with zero attached hydrogens (tertiary/aromatic N) is 1. The van der Waals surface area contributed by atoms with Crippen LogP contribution in [0, 0.1) is 0 Å². The largest absolute Gasteiger partial charge is 0.399 e. The summed E-state index contributed by atoms with van der Waals surface area (Å²) in [5, 5.41) is 3.71. The van der Waals surface area contributed by atoms with Crippen LogP contribution in [-0.2, 0) is 0 Å². The van der Waals surface area contributed by atoms with Crippen molar-refractivity contribution >= 4 is 34.3 Å². The lowest BCUT2D eigenvalue weighted by molar-refractivity contribution is 1.55. The minimum atomic E-state index is -2.21. The lowest BCUT2D eigenvalue weighted by Gasteiger charge is -2.27. The molecule has 0 bridgehead atoms. The molecule has 0 unspecified atom stereocenters. The molecule has 0 amide bonds. The highest BCUT2D eigenvalue weighted by atomic mass is 31.2. The van der Waals surface area contributed by atoms with Crippen molar-refractivity contribution in [2.75, 3.05) is 5.73 Å². The van der Waals surface area contributed by atoms with E-state index in [-0.39, 0.29) is 0 Å². The maximum atomic E-state index is 5.89. The SMILES string of the molecule is Nc1ccc(N=P(c2ccccc2)(c2ccccc2)c2ccccc2)cc1. The summed E-state index contributed by atoms with van der Waals surface area (Å²) in [7, 11) is -2.21. The van der Waals surface area contributed by atoms with Crippen LogP contribution in [0.3, 0.4) is 0 Å². The topological polar surface area (TPSA) is 38.4 Å². The summed E-state index contributed by atoms with van der Waals surface area (Å²) in [6.07, 6.45) is 0. The summed E-state index contributed by atoms with van der Waals surface area (Å²) in [5.41, 5.74) is 7.58. The van der Waals surface area contributed by atoms with E-state index < -0.39 is 7.05 Å². The van der Waals surface area contributed by atoms with Crippen molar-refractivity contribution in [2.45, 2.75) is 0 Å². The molecule has 4 aromatic rings. The lowest BCUT2D eigenvalue weighted by atomic mass is 10.3. The minimum absolute atomic E-state index is 0.747. The first kappa shape index (κ1) is 17.3.